The first-order chi connectivity index (χ1) is 12.7. The third kappa shape index (κ3) is 4.52. The van der Waals surface area contributed by atoms with Crippen LogP contribution in [-0.4, -0.2) is 22.2 Å². The van der Waals surface area contributed by atoms with Crippen LogP contribution in [0.1, 0.15) is 46.9 Å². The Morgan fingerprint density at radius 2 is 1.93 bits per heavy atom. The summed E-state index contributed by atoms with van der Waals surface area (Å²) in [5, 5.41) is 6.43. The number of alkyl halides is 3. The minimum atomic E-state index is -4.59. The molecule has 0 atom stereocenters. The van der Waals surface area contributed by atoms with Crippen LogP contribution in [-0.2, 0) is 12.7 Å². The Kier molecular flexibility index (Phi) is 5.93. The zero-order valence-electron chi connectivity index (χ0n) is 13.9. The summed E-state index contributed by atoms with van der Waals surface area (Å²) in [6.45, 7) is 0.454. The molecule has 2 aromatic rings. The lowest BCUT2D eigenvalue weighted by molar-refractivity contribution is -0.141. The van der Waals surface area contributed by atoms with Crippen LogP contribution in [0.15, 0.2) is 18.2 Å². The number of nitrogens with zero attached hydrogens (tertiary/aromatic N) is 2. The van der Waals surface area contributed by atoms with Gasteiger partial charge in [-0.25, -0.2) is 0 Å². The highest BCUT2D eigenvalue weighted by molar-refractivity contribution is 6.43. The zero-order chi connectivity index (χ0) is 19.8. The first-order valence-corrected chi connectivity index (χ1v) is 9.39. The molecule has 146 valence electrons. The molecular weight excluding hydrogens is 426 g/mol. The Morgan fingerprint density at radius 1 is 1.22 bits per heavy atom. The quantitative estimate of drug-likeness (QED) is 0.598. The molecule has 10 heteroatoms. The predicted molar refractivity (Wildman–Crippen MR) is 97.6 cm³/mol. The predicted octanol–water partition coefficient (Wildman–Crippen LogP) is 5.56. The van der Waals surface area contributed by atoms with Crippen molar-refractivity contribution in [2.75, 3.05) is 6.54 Å². The van der Waals surface area contributed by atoms with Crippen LogP contribution in [0.5, 0.6) is 0 Å². The highest BCUT2D eigenvalue weighted by Crippen LogP contribution is 2.46. The van der Waals surface area contributed by atoms with E-state index in [9.17, 15) is 18.0 Å². The number of carbonyl (C=O) groups is 1. The Hall–Kier alpha value is -1.44. The highest BCUT2D eigenvalue weighted by Gasteiger charge is 2.41. The van der Waals surface area contributed by atoms with Crippen molar-refractivity contribution in [2.45, 2.75) is 37.9 Å². The number of aryl methyl sites for hydroxylation is 1. The maximum atomic E-state index is 13.0. The lowest BCUT2D eigenvalue weighted by Crippen LogP contribution is -2.26. The number of carbonyl (C=O) groups excluding carboxylic acids is 1. The summed E-state index contributed by atoms with van der Waals surface area (Å²) in [4.78, 5) is 12.2. The first kappa shape index (κ1) is 20.3. The van der Waals surface area contributed by atoms with Crippen molar-refractivity contribution in [3.8, 4) is 0 Å². The van der Waals surface area contributed by atoms with Gasteiger partial charge in [0.25, 0.3) is 5.91 Å². The van der Waals surface area contributed by atoms with Gasteiger partial charge >= 0.3 is 6.18 Å². The van der Waals surface area contributed by atoms with E-state index in [1.54, 1.807) is 12.1 Å². The van der Waals surface area contributed by atoms with Gasteiger partial charge in [0, 0.05) is 19.0 Å². The van der Waals surface area contributed by atoms with Crippen molar-refractivity contribution in [1.82, 2.24) is 15.1 Å². The number of rotatable bonds is 6. The summed E-state index contributed by atoms with van der Waals surface area (Å²) in [6, 6.07) is 4.72. The molecule has 1 fully saturated rings. The summed E-state index contributed by atoms with van der Waals surface area (Å²) in [5.74, 6) is -0.389. The minimum absolute atomic E-state index is 0.0148. The monoisotopic (exact) mass is 439 g/mol. The van der Waals surface area contributed by atoms with Crippen LogP contribution in [0.2, 0.25) is 15.1 Å². The van der Waals surface area contributed by atoms with Crippen LogP contribution >= 0.6 is 34.8 Å². The second-order valence-electron chi connectivity index (χ2n) is 6.25. The fourth-order valence-electron chi connectivity index (χ4n) is 2.76. The van der Waals surface area contributed by atoms with E-state index in [2.05, 4.69) is 10.4 Å². The van der Waals surface area contributed by atoms with E-state index >= 15 is 0 Å². The molecule has 4 nitrogen and oxygen atoms in total. The average Bonchev–Trinajstić information content (AvgIpc) is 3.36. The third-order valence-corrected chi connectivity index (χ3v) is 5.38. The Labute approximate surface area is 168 Å². The number of hydrogen-bond acceptors (Lipinski definition) is 2. The maximum Gasteiger partial charge on any atom is 0.436 e. The molecule has 1 aromatic heterocycles. The molecule has 1 amide bonds. The fourth-order valence-corrected chi connectivity index (χ4v) is 3.54. The van der Waals surface area contributed by atoms with Crippen molar-refractivity contribution < 1.29 is 18.0 Å². The van der Waals surface area contributed by atoms with Crippen LogP contribution in [0.3, 0.4) is 0 Å². The van der Waals surface area contributed by atoms with Crippen molar-refractivity contribution in [2.24, 2.45) is 0 Å². The Balaban J connectivity index is 1.62. The second-order valence-corrected chi connectivity index (χ2v) is 7.42. The molecule has 1 aliphatic carbocycles. The van der Waals surface area contributed by atoms with Gasteiger partial charge in [-0.3, -0.25) is 9.48 Å². The lowest BCUT2D eigenvalue weighted by Gasteiger charge is -2.09. The molecule has 0 radical (unpaired) electrons. The van der Waals surface area contributed by atoms with Gasteiger partial charge in [0.15, 0.2) is 5.69 Å². The number of nitrogens with one attached hydrogen (secondary N) is 1. The summed E-state index contributed by atoms with van der Waals surface area (Å²) in [6.07, 6.45) is -2.61. The number of hydrogen-bond donors (Lipinski definition) is 1. The zero-order valence-corrected chi connectivity index (χ0v) is 16.2. The van der Waals surface area contributed by atoms with Gasteiger partial charge in [-0.05, 0) is 31.4 Å². The largest absolute Gasteiger partial charge is 0.436 e. The van der Waals surface area contributed by atoms with E-state index in [-0.39, 0.29) is 39.6 Å². The smallest absolute Gasteiger partial charge is 0.352 e. The Bertz CT molecular complexity index is 863. The maximum absolute atomic E-state index is 13.0. The van der Waals surface area contributed by atoms with E-state index in [4.69, 9.17) is 34.8 Å². The molecule has 0 spiro atoms. The van der Waals surface area contributed by atoms with Gasteiger partial charge in [0.1, 0.15) is 0 Å². The average molecular weight is 441 g/mol. The van der Waals surface area contributed by atoms with Crippen LogP contribution in [0, 0.1) is 0 Å². The van der Waals surface area contributed by atoms with E-state index in [0.29, 0.717) is 12.1 Å². The Morgan fingerprint density at radius 3 is 2.56 bits per heavy atom. The van der Waals surface area contributed by atoms with E-state index in [1.807, 2.05) is 0 Å². The van der Waals surface area contributed by atoms with Gasteiger partial charge < -0.3 is 5.32 Å². The molecule has 1 heterocycles. The van der Waals surface area contributed by atoms with E-state index in [0.717, 1.165) is 12.8 Å². The molecule has 0 bridgehead atoms. The molecule has 27 heavy (non-hydrogen) atoms. The number of benzene rings is 1. The van der Waals surface area contributed by atoms with Crippen molar-refractivity contribution in [1.29, 1.82) is 0 Å². The summed E-state index contributed by atoms with van der Waals surface area (Å²) < 4.78 is 40.4. The molecule has 0 aliphatic heterocycles. The summed E-state index contributed by atoms with van der Waals surface area (Å²) in [5.41, 5.74) is -0.390. The van der Waals surface area contributed by atoms with Crippen molar-refractivity contribution >= 4 is 40.7 Å². The molecule has 1 aromatic carbocycles. The number of halogens is 6. The van der Waals surface area contributed by atoms with E-state index < -0.39 is 17.8 Å². The molecule has 0 unspecified atom stereocenters. The summed E-state index contributed by atoms with van der Waals surface area (Å²) in [7, 11) is 0. The molecular formula is C17H15Cl3F3N3O. The molecule has 1 aliphatic rings. The first-order valence-electron chi connectivity index (χ1n) is 8.25. The minimum Gasteiger partial charge on any atom is -0.352 e. The SMILES string of the molecule is O=C(NCCCn1nc(C(F)(F)F)c(Cl)c1C1CC1)c1cccc(Cl)c1Cl. The van der Waals surface area contributed by atoms with Gasteiger partial charge in [0.2, 0.25) is 0 Å². The van der Waals surface area contributed by atoms with Crippen LogP contribution in [0.4, 0.5) is 13.2 Å². The van der Waals surface area contributed by atoms with Gasteiger partial charge in [-0.2, -0.15) is 18.3 Å². The highest BCUT2D eigenvalue weighted by atomic mass is 35.5. The molecule has 0 saturated heterocycles. The lowest BCUT2D eigenvalue weighted by atomic mass is 10.2. The van der Waals surface area contributed by atoms with Gasteiger partial charge in [0.05, 0.1) is 26.3 Å². The standard InChI is InChI=1S/C17H15Cl3F3N3O/c18-11-4-1-3-10(12(11)19)16(27)24-7-2-8-26-14(9-5-6-9)13(20)15(25-26)17(21,22)23/h1,3-4,9H,2,5-8H2,(H,24,27). The molecule has 1 saturated carbocycles. The normalized spacial score (nSPS) is 14.4. The number of aromatic nitrogens is 2. The van der Waals surface area contributed by atoms with E-state index in [1.165, 1.54) is 10.7 Å². The number of amides is 1. The van der Waals surface area contributed by atoms with Gasteiger partial charge in [-0.1, -0.05) is 40.9 Å². The van der Waals surface area contributed by atoms with Crippen molar-refractivity contribution in [3.63, 3.8) is 0 Å². The molecule has 1 N–H and O–H groups in total. The topological polar surface area (TPSA) is 46.9 Å². The van der Waals surface area contributed by atoms with Crippen LogP contribution < -0.4 is 5.32 Å². The third-order valence-electron chi connectivity index (χ3n) is 4.19. The van der Waals surface area contributed by atoms with Crippen molar-refractivity contribution in [3.05, 3.63) is 50.2 Å². The second kappa shape index (κ2) is 7.89. The van der Waals surface area contributed by atoms with Gasteiger partial charge in [-0.15, -0.1) is 0 Å². The van der Waals surface area contributed by atoms with Crippen LogP contribution in [0.25, 0.3) is 0 Å². The fraction of sp³-hybridized carbons (Fsp3) is 0.412. The molecule has 3 rings (SSSR count). The summed E-state index contributed by atoms with van der Waals surface area (Å²) >= 11 is 17.8.